The monoisotopic (exact) mass is 322 g/mol. The van der Waals surface area contributed by atoms with Crippen molar-refractivity contribution in [2.24, 2.45) is 0 Å². The van der Waals surface area contributed by atoms with Crippen molar-refractivity contribution in [2.45, 2.75) is 13.1 Å². The lowest BCUT2D eigenvalue weighted by Gasteiger charge is -2.30. The van der Waals surface area contributed by atoms with Gasteiger partial charge in [0.05, 0.1) is 29.5 Å². The topological polar surface area (TPSA) is 41.6 Å². The Bertz CT molecular complexity index is 543. The summed E-state index contributed by atoms with van der Waals surface area (Å²) in [5, 5.41) is 2.01. The Morgan fingerprint density at radius 2 is 1.95 bits per heavy atom. The highest BCUT2D eigenvalue weighted by Crippen LogP contribution is 2.41. The van der Waals surface area contributed by atoms with Crippen LogP contribution in [0.3, 0.4) is 0 Å². The number of rotatable bonds is 2. The first-order valence-corrected chi connectivity index (χ1v) is 6.68. The van der Waals surface area contributed by atoms with E-state index in [1.165, 1.54) is 6.07 Å². The highest BCUT2D eigenvalue weighted by Gasteiger charge is 2.36. The Kier molecular flexibility index (Phi) is 4.63. The number of amides is 1. The zero-order chi connectivity index (χ0) is 15.6. The van der Waals surface area contributed by atoms with Crippen LogP contribution in [0.2, 0.25) is 5.02 Å². The van der Waals surface area contributed by atoms with Gasteiger partial charge >= 0.3 is 6.18 Å². The van der Waals surface area contributed by atoms with Crippen LogP contribution in [0.15, 0.2) is 12.1 Å². The van der Waals surface area contributed by atoms with Crippen LogP contribution in [0.5, 0.6) is 0 Å². The van der Waals surface area contributed by atoms with Crippen LogP contribution in [0.1, 0.15) is 12.5 Å². The van der Waals surface area contributed by atoms with Crippen molar-refractivity contribution >= 4 is 28.9 Å². The summed E-state index contributed by atoms with van der Waals surface area (Å²) in [5.41, 5.74) is -0.995. The van der Waals surface area contributed by atoms with Crippen LogP contribution >= 0.6 is 11.6 Å². The molecule has 8 heteroatoms. The molecule has 0 radical (unpaired) electrons. The predicted octanol–water partition coefficient (Wildman–Crippen LogP) is 3.15. The van der Waals surface area contributed by atoms with Gasteiger partial charge < -0.3 is 15.0 Å². The van der Waals surface area contributed by atoms with Gasteiger partial charge in [-0.3, -0.25) is 4.79 Å². The third-order valence-electron chi connectivity index (χ3n) is 3.06. The third kappa shape index (κ3) is 3.79. The van der Waals surface area contributed by atoms with E-state index in [0.717, 1.165) is 13.0 Å². The molecule has 1 aliphatic heterocycles. The van der Waals surface area contributed by atoms with Gasteiger partial charge in [0.1, 0.15) is 0 Å². The second-order valence-corrected chi connectivity index (χ2v) is 5.04. The molecule has 1 aliphatic rings. The van der Waals surface area contributed by atoms with Crippen molar-refractivity contribution in [3.05, 3.63) is 22.7 Å². The summed E-state index contributed by atoms with van der Waals surface area (Å²) in [7, 11) is 0. The molecule has 1 aromatic carbocycles. The van der Waals surface area contributed by atoms with Crippen LogP contribution in [0, 0.1) is 0 Å². The summed E-state index contributed by atoms with van der Waals surface area (Å²) in [6, 6.07) is 2.43. The number of benzene rings is 1. The lowest BCUT2D eigenvalue weighted by molar-refractivity contribution is -0.136. The van der Waals surface area contributed by atoms with Gasteiger partial charge in [-0.15, -0.1) is 0 Å². The fourth-order valence-electron chi connectivity index (χ4n) is 2.12. The van der Waals surface area contributed by atoms with Gasteiger partial charge in [0, 0.05) is 25.7 Å². The maximum atomic E-state index is 13.2. The third-order valence-corrected chi connectivity index (χ3v) is 3.36. The molecule has 1 saturated heterocycles. The summed E-state index contributed by atoms with van der Waals surface area (Å²) in [4.78, 5) is 12.8. The van der Waals surface area contributed by atoms with Crippen LogP contribution in [-0.4, -0.2) is 32.2 Å². The smallest absolute Gasteiger partial charge is 0.378 e. The number of morpholine rings is 1. The highest BCUT2D eigenvalue weighted by atomic mass is 35.5. The Labute approximate surface area is 124 Å². The Hall–Kier alpha value is -1.47. The minimum atomic E-state index is -4.61. The number of nitrogens with one attached hydrogen (secondary N) is 1. The van der Waals surface area contributed by atoms with E-state index in [4.69, 9.17) is 16.3 Å². The first-order valence-electron chi connectivity index (χ1n) is 6.30. The lowest BCUT2D eigenvalue weighted by Crippen LogP contribution is -2.36. The summed E-state index contributed by atoms with van der Waals surface area (Å²) in [6.07, 6.45) is -4.61. The maximum absolute atomic E-state index is 13.2. The SMILES string of the molecule is CC(=O)Nc1c(Cl)cc(N2CCOCC2)cc1C(F)(F)F. The summed E-state index contributed by atoms with van der Waals surface area (Å²) < 4.78 is 44.7. The number of carbonyl (C=O) groups excluding carboxylic acids is 1. The number of alkyl halides is 3. The van der Waals surface area contributed by atoms with Crippen molar-refractivity contribution in [1.82, 2.24) is 0 Å². The predicted molar refractivity (Wildman–Crippen MR) is 73.8 cm³/mol. The molecule has 1 N–H and O–H groups in total. The summed E-state index contributed by atoms with van der Waals surface area (Å²) >= 11 is 5.93. The van der Waals surface area contributed by atoms with E-state index in [2.05, 4.69) is 5.32 Å². The zero-order valence-electron chi connectivity index (χ0n) is 11.3. The minimum absolute atomic E-state index is 0.137. The molecule has 2 rings (SSSR count). The molecule has 0 spiro atoms. The average molecular weight is 323 g/mol. The molecule has 4 nitrogen and oxygen atoms in total. The second kappa shape index (κ2) is 6.11. The number of hydrogen-bond acceptors (Lipinski definition) is 3. The Balaban J connectivity index is 2.46. The van der Waals surface area contributed by atoms with E-state index >= 15 is 0 Å². The fourth-order valence-corrected chi connectivity index (χ4v) is 2.38. The molecule has 21 heavy (non-hydrogen) atoms. The molecule has 0 unspecified atom stereocenters. The summed E-state index contributed by atoms with van der Waals surface area (Å²) in [6.45, 7) is 3.02. The summed E-state index contributed by atoms with van der Waals surface area (Å²) in [5.74, 6) is -0.610. The van der Waals surface area contributed by atoms with Crippen molar-refractivity contribution in [3.63, 3.8) is 0 Å². The molecule has 0 atom stereocenters. The van der Waals surface area contributed by atoms with E-state index < -0.39 is 23.3 Å². The first kappa shape index (κ1) is 15.9. The first-order chi connectivity index (χ1) is 9.79. The number of halogens is 4. The quantitative estimate of drug-likeness (QED) is 0.909. The van der Waals surface area contributed by atoms with E-state index in [9.17, 15) is 18.0 Å². The van der Waals surface area contributed by atoms with Gasteiger partial charge in [-0.1, -0.05) is 11.6 Å². The van der Waals surface area contributed by atoms with Crippen LogP contribution in [-0.2, 0) is 15.7 Å². The number of nitrogens with zero attached hydrogens (tertiary/aromatic N) is 1. The molecule has 0 aromatic heterocycles. The highest BCUT2D eigenvalue weighted by molar-refractivity contribution is 6.34. The van der Waals surface area contributed by atoms with Crippen molar-refractivity contribution < 1.29 is 22.7 Å². The van der Waals surface area contributed by atoms with Crippen LogP contribution in [0.25, 0.3) is 0 Å². The van der Waals surface area contributed by atoms with Crippen molar-refractivity contribution in [2.75, 3.05) is 36.5 Å². The number of ether oxygens (including phenoxy) is 1. The van der Waals surface area contributed by atoms with Gasteiger partial charge in [-0.2, -0.15) is 13.2 Å². The molecule has 1 fully saturated rings. The minimum Gasteiger partial charge on any atom is -0.378 e. The number of anilines is 2. The molecule has 0 aliphatic carbocycles. The fraction of sp³-hybridized carbons (Fsp3) is 0.462. The molecular formula is C13H14ClF3N2O2. The van der Waals surface area contributed by atoms with Crippen LogP contribution in [0.4, 0.5) is 24.5 Å². The molecule has 0 saturated carbocycles. The Morgan fingerprint density at radius 1 is 1.33 bits per heavy atom. The normalized spacial score (nSPS) is 16.0. The molecular weight excluding hydrogens is 309 g/mol. The van der Waals surface area contributed by atoms with E-state index in [0.29, 0.717) is 32.0 Å². The van der Waals surface area contributed by atoms with Gasteiger partial charge in [-0.05, 0) is 12.1 Å². The molecule has 1 aromatic rings. The Morgan fingerprint density at radius 3 is 2.48 bits per heavy atom. The largest absolute Gasteiger partial charge is 0.418 e. The van der Waals surface area contributed by atoms with Gasteiger partial charge in [0.2, 0.25) is 5.91 Å². The molecule has 116 valence electrons. The number of carbonyl (C=O) groups is 1. The molecule has 1 amide bonds. The average Bonchev–Trinajstić information content (AvgIpc) is 2.40. The van der Waals surface area contributed by atoms with Gasteiger partial charge in [0.25, 0.3) is 0 Å². The zero-order valence-corrected chi connectivity index (χ0v) is 12.0. The number of hydrogen-bond donors (Lipinski definition) is 1. The lowest BCUT2D eigenvalue weighted by atomic mass is 10.1. The van der Waals surface area contributed by atoms with Gasteiger partial charge in [-0.25, -0.2) is 0 Å². The van der Waals surface area contributed by atoms with E-state index in [1.807, 2.05) is 0 Å². The van der Waals surface area contributed by atoms with E-state index in [1.54, 1.807) is 4.90 Å². The van der Waals surface area contributed by atoms with Crippen LogP contribution < -0.4 is 10.2 Å². The maximum Gasteiger partial charge on any atom is 0.418 e. The second-order valence-electron chi connectivity index (χ2n) is 4.63. The van der Waals surface area contributed by atoms with Gasteiger partial charge in [0.15, 0.2) is 0 Å². The molecule has 1 heterocycles. The van der Waals surface area contributed by atoms with Crippen molar-refractivity contribution in [1.29, 1.82) is 0 Å². The van der Waals surface area contributed by atoms with Crippen molar-refractivity contribution in [3.8, 4) is 0 Å². The standard InChI is InChI=1S/C13H14ClF3N2O2/c1-8(20)18-12-10(13(15,16)17)6-9(7-11(12)14)19-2-4-21-5-3-19/h6-7H,2-5H2,1H3,(H,18,20). The molecule has 0 bridgehead atoms. The van der Waals surface area contributed by atoms with E-state index in [-0.39, 0.29) is 5.02 Å².